The Morgan fingerprint density at radius 1 is 1.40 bits per heavy atom. The fourth-order valence-electron chi connectivity index (χ4n) is 2.51. The second-order valence-corrected chi connectivity index (χ2v) is 4.51. The molecule has 0 bridgehead atoms. The summed E-state index contributed by atoms with van der Waals surface area (Å²) in [7, 11) is 0. The summed E-state index contributed by atoms with van der Waals surface area (Å²) >= 11 is 0. The summed E-state index contributed by atoms with van der Waals surface area (Å²) in [4.78, 5) is 14.3. The van der Waals surface area contributed by atoms with E-state index in [1.807, 2.05) is 4.90 Å². The van der Waals surface area contributed by atoms with Gasteiger partial charge in [-0.2, -0.15) is 0 Å². The van der Waals surface area contributed by atoms with E-state index < -0.39 is 0 Å². The minimum Gasteiger partial charge on any atom is -0.339 e. The Kier molecular flexibility index (Phi) is 3.26. The molecule has 1 saturated heterocycles. The zero-order chi connectivity index (χ0) is 10.7. The van der Waals surface area contributed by atoms with Crippen LogP contribution in [0.15, 0.2) is 0 Å². The predicted octanol–water partition coefficient (Wildman–Crippen LogP) is -0.0496. The second kappa shape index (κ2) is 4.49. The van der Waals surface area contributed by atoms with Gasteiger partial charge in [-0.05, 0) is 25.8 Å². The summed E-state index contributed by atoms with van der Waals surface area (Å²) < 4.78 is 0. The zero-order valence-electron chi connectivity index (χ0n) is 9.51. The number of amides is 1. The Morgan fingerprint density at radius 2 is 2.07 bits per heavy atom. The third-order valence-electron chi connectivity index (χ3n) is 3.54. The van der Waals surface area contributed by atoms with Crippen LogP contribution in [0.3, 0.4) is 0 Å². The van der Waals surface area contributed by atoms with Gasteiger partial charge in [0.2, 0.25) is 5.91 Å². The number of piperazine rings is 1. The van der Waals surface area contributed by atoms with Crippen molar-refractivity contribution in [1.82, 2.24) is 15.5 Å². The number of carbonyl (C=O) groups excluding carboxylic acids is 1. The van der Waals surface area contributed by atoms with Crippen LogP contribution in [-0.4, -0.2) is 49.1 Å². The lowest BCUT2D eigenvalue weighted by atomic mass is 9.75. The third kappa shape index (κ3) is 2.01. The number of hydrogen-bond acceptors (Lipinski definition) is 3. The lowest BCUT2D eigenvalue weighted by molar-refractivity contribution is -0.142. The van der Waals surface area contributed by atoms with Crippen molar-refractivity contribution in [1.29, 1.82) is 0 Å². The van der Waals surface area contributed by atoms with E-state index >= 15 is 0 Å². The molecule has 1 aliphatic carbocycles. The molecule has 2 N–H and O–H groups in total. The van der Waals surface area contributed by atoms with Crippen molar-refractivity contribution >= 4 is 5.91 Å². The quantitative estimate of drug-likeness (QED) is 0.688. The highest BCUT2D eigenvalue weighted by Gasteiger charge is 2.45. The minimum atomic E-state index is -0.202. The normalized spacial score (nSPS) is 24.7. The van der Waals surface area contributed by atoms with Crippen molar-refractivity contribution in [3.8, 4) is 0 Å². The molecule has 1 saturated carbocycles. The summed E-state index contributed by atoms with van der Waals surface area (Å²) in [5.41, 5.74) is -0.202. The highest BCUT2D eigenvalue weighted by molar-refractivity contribution is 5.87. The lowest BCUT2D eigenvalue weighted by Gasteiger charge is -2.45. The number of nitrogens with zero attached hydrogens (tertiary/aromatic N) is 1. The monoisotopic (exact) mass is 211 g/mol. The lowest BCUT2D eigenvalue weighted by Crippen LogP contribution is -2.64. The smallest absolute Gasteiger partial charge is 0.242 e. The third-order valence-corrected chi connectivity index (χ3v) is 3.54. The van der Waals surface area contributed by atoms with E-state index in [0.717, 1.165) is 45.6 Å². The first kappa shape index (κ1) is 10.9. The molecule has 4 heteroatoms. The molecular weight excluding hydrogens is 190 g/mol. The van der Waals surface area contributed by atoms with Crippen molar-refractivity contribution in [2.75, 3.05) is 32.7 Å². The van der Waals surface area contributed by atoms with Crippen molar-refractivity contribution in [3.63, 3.8) is 0 Å². The van der Waals surface area contributed by atoms with Crippen molar-refractivity contribution in [3.05, 3.63) is 0 Å². The number of hydrogen-bond donors (Lipinski definition) is 2. The second-order valence-electron chi connectivity index (χ2n) is 4.51. The number of rotatable bonds is 3. The Balaban J connectivity index is 1.97. The van der Waals surface area contributed by atoms with Gasteiger partial charge >= 0.3 is 0 Å². The van der Waals surface area contributed by atoms with Gasteiger partial charge in [0.05, 0.1) is 5.54 Å². The minimum absolute atomic E-state index is 0.202. The van der Waals surface area contributed by atoms with Crippen LogP contribution < -0.4 is 10.6 Å². The first-order valence-corrected chi connectivity index (χ1v) is 6.04. The van der Waals surface area contributed by atoms with Gasteiger partial charge in [0.1, 0.15) is 0 Å². The van der Waals surface area contributed by atoms with Gasteiger partial charge in [0.25, 0.3) is 0 Å². The Bertz CT molecular complexity index is 232. The van der Waals surface area contributed by atoms with Gasteiger partial charge < -0.3 is 15.5 Å². The zero-order valence-corrected chi connectivity index (χ0v) is 9.51. The van der Waals surface area contributed by atoms with E-state index in [-0.39, 0.29) is 5.54 Å². The average Bonchev–Trinajstić information content (AvgIpc) is 2.24. The van der Waals surface area contributed by atoms with E-state index in [0.29, 0.717) is 5.91 Å². The summed E-state index contributed by atoms with van der Waals surface area (Å²) in [6, 6.07) is 0. The van der Waals surface area contributed by atoms with E-state index in [2.05, 4.69) is 17.6 Å². The van der Waals surface area contributed by atoms with Crippen LogP contribution in [0.1, 0.15) is 26.2 Å². The van der Waals surface area contributed by atoms with Crippen LogP contribution in [-0.2, 0) is 4.79 Å². The van der Waals surface area contributed by atoms with Gasteiger partial charge in [0, 0.05) is 26.2 Å². The molecule has 0 atom stereocenters. The highest BCUT2D eigenvalue weighted by Crippen LogP contribution is 2.33. The fourth-order valence-corrected chi connectivity index (χ4v) is 2.51. The predicted molar refractivity (Wildman–Crippen MR) is 59.7 cm³/mol. The highest BCUT2D eigenvalue weighted by atomic mass is 16.2. The van der Waals surface area contributed by atoms with E-state index in [9.17, 15) is 4.79 Å². The van der Waals surface area contributed by atoms with Crippen LogP contribution in [0.2, 0.25) is 0 Å². The molecule has 0 aromatic carbocycles. The number of nitrogens with one attached hydrogen (secondary N) is 2. The van der Waals surface area contributed by atoms with Crippen molar-refractivity contribution in [2.24, 2.45) is 0 Å². The molecule has 0 aromatic heterocycles. The summed E-state index contributed by atoms with van der Waals surface area (Å²) in [6.07, 6.45) is 3.22. The van der Waals surface area contributed by atoms with Crippen molar-refractivity contribution < 1.29 is 4.79 Å². The Morgan fingerprint density at radius 3 is 2.53 bits per heavy atom. The molecule has 0 spiro atoms. The van der Waals surface area contributed by atoms with Crippen molar-refractivity contribution in [2.45, 2.75) is 31.7 Å². The van der Waals surface area contributed by atoms with Gasteiger partial charge in [0.15, 0.2) is 0 Å². The van der Waals surface area contributed by atoms with Crippen LogP contribution in [0.4, 0.5) is 0 Å². The maximum atomic E-state index is 12.3. The van der Waals surface area contributed by atoms with Gasteiger partial charge in [-0.15, -0.1) is 0 Å². The largest absolute Gasteiger partial charge is 0.339 e. The number of likely N-dealkylation sites (N-methyl/N-ethyl adjacent to an activating group) is 1. The standard InChI is InChI=1S/C11H21N3O/c1-2-13-11(4-3-5-11)10(15)14-8-6-12-7-9-14/h12-13H,2-9H2,1H3. The molecule has 1 heterocycles. The van der Waals surface area contributed by atoms with Crippen LogP contribution in [0, 0.1) is 0 Å². The Labute approximate surface area is 91.4 Å². The molecule has 0 aromatic rings. The molecule has 15 heavy (non-hydrogen) atoms. The van der Waals surface area contributed by atoms with E-state index in [1.54, 1.807) is 0 Å². The number of carbonyl (C=O) groups is 1. The van der Waals surface area contributed by atoms with Crippen LogP contribution in [0.5, 0.6) is 0 Å². The first-order valence-electron chi connectivity index (χ1n) is 6.04. The van der Waals surface area contributed by atoms with Gasteiger partial charge in [-0.1, -0.05) is 6.92 Å². The molecular formula is C11H21N3O. The molecule has 0 unspecified atom stereocenters. The molecule has 1 amide bonds. The topological polar surface area (TPSA) is 44.4 Å². The molecule has 0 radical (unpaired) electrons. The van der Waals surface area contributed by atoms with E-state index in [4.69, 9.17) is 0 Å². The first-order chi connectivity index (χ1) is 7.28. The van der Waals surface area contributed by atoms with Crippen LogP contribution in [0.25, 0.3) is 0 Å². The molecule has 4 nitrogen and oxygen atoms in total. The van der Waals surface area contributed by atoms with Gasteiger partial charge in [-0.25, -0.2) is 0 Å². The molecule has 2 aliphatic rings. The van der Waals surface area contributed by atoms with E-state index in [1.165, 1.54) is 6.42 Å². The Hall–Kier alpha value is -0.610. The average molecular weight is 211 g/mol. The SMILES string of the molecule is CCNC1(C(=O)N2CCNCC2)CCC1. The summed E-state index contributed by atoms with van der Waals surface area (Å²) in [6.45, 7) is 6.57. The molecule has 86 valence electrons. The molecule has 2 rings (SSSR count). The maximum absolute atomic E-state index is 12.3. The van der Waals surface area contributed by atoms with Gasteiger partial charge in [-0.3, -0.25) is 4.79 Å². The maximum Gasteiger partial charge on any atom is 0.242 e. The summed E-state index contributed by atoms with van der Waals surface area (Å²) in [5.74, 6) is 0.331. The molecule has 1 aliphatic heterocycles. The molecule has 2 fully saturated rings. The van der Waals surface area contributed by atoms with Crippen LogP contribution >= 0.6 is 0 Å². The summed E-state index contributed by atoms with van der Waals surface area (Å²) in [5, 5.41) is 6.66. The fraction of sp³-hybridized carbons (Fsp3) is 0.909.